The van der Waals surface area contributed by atoms with Crippen LogP contribution in [0.4, 0.5) is 8.78 Å². The smallest absolute Gasteiger partial charge is 0.200 e. The van der Waals surface area contributed by atoms with E-state index in [1.54, 1.807) is 0 Å². The van der Waals surface area contributed by atoms with Crippen LogP contribution in [-0.2, 0) is 0 Å². The highest BCUT2D eigenvalue weighted by Crippen LogP contribution is 2.37. The maximum absolute atomic E-state index is 13.5. The Balaban J connectivity index is 2.04. The van der Waals surface area contributed by atoms with Crippen molar-refractivity contribution in [2.45, 2.75) is 38.5 Å². The van der Waals surface area contributed by atoms with Gasteiger partial charge >= 0.3 is 0 Å². The van der Waals surface area contributed by atoms with E-state index in [9.17, 15) is 8.78 Å². The second-order valence-electron chi connectivity index (χ2n) is 5.41. The summed E-state index contributed by atoms with van der Waals surface area (Å²) in [5.41, 5.74) is -0.00162. The molecule has 0 aromatic heterocycles. The number of ether oxygens (including phenoxy) is 1. The summed E-state index contributed by atoms with van der Waals surface area (Å²) >= 11 is 4.44. The van der Waals surface area contributed by atoms with Crippen LogP contribution in [0.15, 0.2) is 18.2 Å². The molecule has 2 rings (SSSR count). The van der Waals surface area contributed by atoms with Gasteiger partial charge in [0.05, 0.1) is 6.61 Å². The summed E-state index contributed by atoms with van der Waals surface area (Å²) in [5.74, 6) is -1.03. The molecule has 1 aromatic carbocycles. The van der Waals surface area contributed by atoms with E-state index < -0.39 is 11.6 Å². The molecule has 0 heterocycles. The monoisotopic (exact) mass is 286 g/mol. The number of halogens is 2. The molecule has 0 amide bonds. The molecule has 4 heteroatoms. The minimum atomic E-state index is -0.898. The van der Waals surface area contributed by atoms with E-state index in [2.05, 4.69) is 12.6 Å². The zero-order valence-corrected chi connectivity index (χ0v) is 11.9. The van der Waals surface area contributed by atoms with Gasteiger partial charge in [0.15, 0.2) is 11.6 Å². The third-order valence-electron chi connectivity index (χ3n) is 3.95. The maximum Gasteiger partial charge on any atom is 0.200 e. The van der Waals surface area contributed by atoms with Crippen molar-refractivity contribution in [2.24, 2.45) is 5.41 Å². The highest BCUT2D eigenvalue weighted by atomic mass is 32.1. The quantitative estimate of drug-likeness (QED) is 0.628. The van der Waals surface area contributed by atoms with Gasteiger partial charge in [-0.3, -0.25) is 0 Å². The second-order valence-corrected chi connectivity index (χ2v) is 5.73. The topological polar surface area (TPSA) is 9.23 Å². The van der Waals surface area contributed by atoms with Gasteiger partial charge in [-0.25, -0.2) is 4.39 Å². The Kier molecular flexibility index (Phi) is 5.08. The van der Waals surface area contributed by atoms with Crippen LogP contribution in [0.25, 0.3) is 0 Å². The first-order chi connectivity index (χ1) is 9.17. The molecule has 1 nitrogen and oxygen atoms in total. The summed E-state index contributed by atoms with van der Waals surface area (Å²) in [7, 11) is 0. The van der Waals surface area contributed by atoms with Crippen LogP contribution in [0.5, 0.6) is 5.75 Å². The molecule has 0 atom stereocenters. The lowest BCUT2D eigenvalue weighted by Crippen LogP contribution is -2.30. The molecule has 1 aliphatic rings. The minimum Gasteiger partial charge on any atom is -0.490 e. The normalized spacial score (nSPS) is 18.9. The molecule has 0 N–H and O–H groups in total. The molecule has 106 valence electrons. The van der Waals surface area contributed by atoms with Crippen LogP contribution in [-0.4, -0.2) is 12.4 Å². The van der Waals surface area contributed by atoms with E-state index >= 15 is 0 Å². The van der Waals surface area contributed by atoms with Crippen LogP contribution in [0.1, 0.15) is 38.5 Å². The maximum atomic E-state index is 13.5. The Morgan fingerprint density at radius 1 is 1.11 bits per heavy atom. The molecule has 0 aliphatic heterocycles. The van der Waals surface area contributed by atoms with Gasteiger partial charge in [0.1, 0.15) is 0 Å². The lowest BCUT2D eigenvalue weighted by Gasteiger charge is -2.31. The molecule has 0 radical (unpaired) electrons. The first kappa shape index (κ1) is 14.6. The van der Waals surface area contributed by atoms with Crippen molar-refractivity contribution in [1.82, 2.24) is 0 Å². The lowest BCUT2D eigenvalue weighted by molar-refractivity contribution is 0.143. The summed E-state index contributed by atoms with van der Waals surface area (Å²) in [6.45, 7) is 0.414. The molecule has 0 spiro atoms. The second kappa shape index (κ2) is 6.60. The Hall–Kier alpha value is -0.770. The van der Waals surface area contributed by atoms with Crippen molar-refractivity contribution in [3.63, 3.8) is 0 Å². The van der Waals surface area contributed by atoms with Crippen molar-refractivity contribution in [3.05, 3.63) is 29.8 Å². The minimum absolute atomic E-state index is 0.00162. The predicted molar refractivity (Wildman–Crippen MR) is 75.8 cm³/mol. The SMILES string of the molecule is Fc1cccc(OCC2(CS)CCCCCC2)c1F. The highest BCUT2D eigenvalue weighted by molar-refractivity contribution is 7.80. The van der Waals surface area contributed by atoms with Crippen LogP contribution < -0.4 is 4.74 Å². The number of thiol groups is 1. The van der Waals surface area contributed by atoms with E-state index in [1.807, 2.05) is 0 Å². The van der Waals surface area contributed by atoms with Crippen LogP contribution in [0.3, 0.4) is 0 Å². The Bertz CT molecular complexity index is 415. The molecule has 1 aliphatic carbocycles. The van der Waals surface area contributed by atoms with Crippen molar-refractivity contribution in [2.75, 3.05) is 12.4 Å². The zero-order valence-electron chi connectivity index (χ0n) is 11.0. The van der Waals surface area contributed by atoms with E-state index in [-0.39, 0.29) is 11.2 Å². The fourth-order valence-corrected chi connectivity index (χ4v) is 3.06. The average Bonchev–Trinajstić information content (AvgIpc) is 2.67. The first-order valence-electron chi connectivity index (χ1n) is 6.85. The molecule has 1 aromatic rings. The number of hydrogen-bond donors (Lipinski definition) is 1. The third kappa shape index (κ3) is 3.62. The number of hydrogen-bond acceptors (Lipinski definition) is 2. The largest absolute Gasteiger partial charge is 0.490 e. The Labute approximate surface area is 118 Å². The molecular formula is C15H20F2OS. The average molecular weight is 286 g/mol. The zero-order chi connectivity index (χ0) is 13.7. The molecule has 0 unspecified atom stereocenters. The summed E-state index contributed by atoms with van der Waals surface area (Å²) in [5, 5.41) is 0. The van der Waals surface area contributed by atoms with Crippen molar-refractivity contribution < 1.29 is 13.5 Å². The molecular weight excluding hydrogens is 266 g/mol. The van der Waals surface area contributed by atoms with Gasteiger partial charge < -0.3 is 4.74 Å². The van der Waals surface area contributed by atoms with E-state index in [4.69, 9.17) is 4.74 Å². The Morgan fingerprint density at radius 3 is 2.42 bits per heavy atom. The van der Waals surface area contributed by atoms with Crippen molar-refractivity contribution >= 4 is 12.6 Å². The van der Waals surface area contributed by atoms with Crippen molar-refractivity contribution in [3.8, 4) is 5.75 Å². The van der Waals surface area contributed by atoms with Gasteiger partial charge in [-0.2, -0.15) is 17.0 Å². The van der Waals surface area contributed by atoms with Crippen LogP contribution >= 0.6 is 12.6 Å². The molecule has 0 bridgehead atoms. The standard InChI is InChI=1S/C15H20F2OS/c16-12-6-5-7-13(14(12)17)18-10-15(11-19)8-3-1-2-4-9-15/h5-7,19H,1-4,8-11H2. The third-order valence-corrected chi connectivity index (χ3v) is 4.62. The summed E-state index contributed by atoms with van der Waals surface area (Å²) < 4.78 is 32.2. The van der Waals surface area contributed by atoms with Gasteiger partial charge in [0.25, 0.3) is 0 Å². The van der Waals surface area contributed by atoms with E-state index in [1.165, 1.54) is 25.0 Å². The molecule has 1 saturated carbocycles. The summed E-state index contributed by atoms with van der Waals surface area (Å²) in [6.07, 6.45) is 6.90. The van der Waals surface area contributed by atoms with Gasteiger partial charge in [-0.15, -0.1) is 0 Å². The van der Waals surface area contributed by atoms with Crippen LogP contribution in [0, 0.1) is 17.0 Å². The Morgan fingerprint density at radius 2 is 1.79 bits per heavy atom. The molecule has 19 heavy (non-hydrogen) atoms. The fraction of sp³-hybridized carbons (Fsp3) is 0.600. The predicted octanol–water partition coefficient (Wildman–Crippen LogP) is 4.61. The van der Waals surface area contributed by atoms with Gasteiger partial charge in [0, 0.05) is 5.41 Å². The summed E-state index contributed by atoms with van der Waals surface area (Å²) in [4.78, 5) is 0. The highest BCUT2D eigenvalue weighted by Gasteiger charge is 2.30. The first-order valence-corrected chi connectivity index (χ1v) is 7.48. The number of benzene rings is 1. The molecule has 1 fully saturated rings. The van der Waals surface area contributed by atoms with Gasteiger partial charge in [-0.05, 0) is 30.7 Å². The summed E-state index contributed by atoms with van der Waals surface area (Å²) in [6, 6.07) is 4.04. The number of rotatable bonds is 4. The van der Waals surface area contributed by atoms with Crippen molar-refractivity contribution in [1.29, 1.82) is 0 Å². The molecule has 0 saturated heterocycles. The van der Waals surface area contributed by atoms with E-state index in [0.717, 1.165) is 37.5 Å². The van der Waals surface area contributed by atoms with Gasteiger partial charge in [-0.1, -0.05) is 31.7 Å². The van der Waals surface area contributed by atoms with E-state index in [0.29, 0.717) is 6.61 Å². The van der Waals surface area contributed by atoms with Gasteiger partial charge in [0.2, 0.25) is 5.82 Å². The lowest BCUT2D eigenvalue weighted by atomic mass is 9.83. The van der Waals surface area contributed by atoms with Crippen LogP contribution in [0.2, 0.25) is 0 Å². The fourth-order valence-electron chi connectivity index (χ4n) is 2.65.